The molecule has 0 radical (unpaired) electrons. The second-order valence-corrected chi connectivity index (χ2v) is 4.22. The molecule has 5 heteroatoms. The van der Waals surface area contributed by atoms with Crippen LogP contribution in [0.2, 0.25) is 0 Å². The Balaban J connectivity index is 2.49. The molecule has 14 heavy (non-hydrogen) atoms. The molecule has 1 unspecified atom stereocenters. The lowest BCUT2D eigenvalue weighted by Gasteiger charge is -2.04. The summed E-state index contributed by atoms with van der Waals surface area (Å²) in [5.74, 6) is -1.13. The highest BCUT2D eigenvalue weighted by Crippen LogP contribution is 2.17. The van der Waals surface area contributed by atoms with E-state index in [9.17, 15) is 9.59 Å². The number of hydrogen-bond donors (Lipinski definition) is 1. The van der Waals surface area contributed by atoms with Crippen LogP contribution in [0.15, 0.2) is 17.5 Å². The Hall–Kier alpha value is -0.870. The number of ketones is 1. The van der Waals surface area contributed by atoms with Crippen molar-refractivity contribution in [3.8, 4) is 0 Å². The Labute approximate surface area is 90.3 Å². The van der Waals surface area contributed by atoms with Crippen LogP contribution in [0.1, 0.15) is 22.5 Å². The maximum absolute atomic E-state index is 11.5. The molecule has 0 aliphatic rings. The Morgan fingerprint density at radius 1 is 1.57 bits per heavy atom. The first-order valence-electron chi connectivity index (χ1n) is 4.05. The van der Waals surface area contributed by atoms with E-state index in [2.05, 4.69) is 0 Å². The highest BCUT2D eigenvalue weighted by molar-refractivity contribution is 7.12. The van der Waals surface area contributed by atoms with E-state index in [1.54, 1.807) is 17.5 Å². The average molecular weight is 233 g/mol. The molecule has 1 atom stereocenters. The van der Waals surface area contributed by atoms with E-state index in [0.29, 0.717) is 4.88 Å². The second kappa shape index (κ2) is 5.12. The zero-order valence-corrected chi connectivity index (χ0v) is 8.85. The minimum atomic E-state index is -0.936. The Kier molecular flexibility index (Phi) is 4.10. The molecule has 0 spiro atoms. The van der Waals surface area contributed by atoms with E-state index >= 15 is 0 Å². The van der Waals surface area contributed by atoms with E-state index in [4.69, 9.17) is 16.7 Å². The van der Waals surface area contributed by atoms with Crippen molar-refractivity contribution in [2.24, 2.45) is 0 Å². The van der Waals surface area contributed by atoms with Gasteiger partial charge in [0.2, 0.25) is 0 Å². The number of carboxylic acid groups (broad SMARTS) is 1. The van der Waals surface area contributed by atoms with E-state index in [-0.39, 0.29) is 18.6 Å². The van der Waals surface area contributed by atoms with Crippen LogP contribution in [0.5, 0.6) is 0 Å². The van der Waals surface area contributed by atoms with Crippen LogP contribution >= 0.6 is 22.9 Å². The van der Waals surface area contributed by atoms with Gasteiger partial charge in [0.25, 0.3) is 0 Å². The molecule has 0 aliphatic carbocycles. The molecule has 0 aromatic carbocycles. The van der Waals surface area contributed by atoms with E-state index < -0.39 is 11.3 Å². The minimum absolute atomic E-state index is 0.0781. The number of halogens is 1. The van der Waals surface area contributed by atoms with Gasteiger partial charge in [-0.3, -0.25) is 9.59 Å². The molecule has 0 saturated heterocycles. The summed E-state index contributed by atoms with van der Waals surface area (Å²) in [5.41, 5.74) is 0. The molecule has 1 N–H and O–H groups in total. The first-order chi connectivity index (χ1) is 6.61. The molecule has 1 aromatic heterocycles. The molecule has 0 amide bonds. The molecule has 1 rings (SSSR count). The van der Waals surface area contributed by atoms with Gasteiger partial charge in [-0.2, -0.15) is 0 Å². The van der Waals surface area contributed by atoms with E-state index in [1.807, 2.05) is 0 Å². The molecule has 0 bridgehead atoms. The van der Waals surface area contributed by atoms with Gasteiger partial charge in [0, 0.05) is 6.42 Å². The van der Waals surface area contributed by atoms with Gasteiger partial charge in [0.15, 0.2) is 5.78 Å². The molecule has 3 nitrogen and oxygen atoms in total. The van der Waals surface area contributed by atoms with E-state index in [0.717, 1.165) is 0 Å². The van der Waals surface area contributed by atoms with Crippen molar-refractivity contribution in [2.75, 3.05) is 0 Å². The summed E-state index contributed by atoms with van der Waals surface area (Å²) in [7, 11) is 0. The Morgan fingerprint density at radius 3 is 2.79 bits per heavy atom. The van der Waals surface area contributed by atoms with Crippen molar-refractivity contribution in [1.82, 2.24) is 0 Å². The third kappa shape index (κ3) is 3.12. The second-order valence-electron chi connectivity index (χ2n) is 2.74. The summed E-state index contributed by atoms with van der Waals surface area (Å²) in [6.07, 6.45) is 0.0961. The highest BCUT2D eigenvalue weighted by atomic mass is 35.5. The van der Waals surface area contributed by atoms with Crippen molar-refractivity contribution >= 4 is 34.7 Å². The van der Waals surface area contributed by atoms with Gasteiger partial charge in [0.1, 0.15) is 0 Å². The predicted molar refractivity (Wildman–Crippen MR) is 55.2 cm³/mol. The zero-order chi connectivity index (χ0) is 10.6. The fourth-order valence-corrected chi connectivity index (χ4v) is 1.97. The number of alkyl halides is 1. The monoisotopic (exact) mass is 232 g/mol. The molecular formula is C9H9ClO3S. The van der Waals surface area contributed by atoms with Gasteiger partial charge in [0.05, 0.1) is 10.3 Å². The lowest BCUT2D eigenvalue weighted by atomic mass is 10.1. The summed E-state index contributed by atoms with van der Waals surface area (Å²) >= 11 is 7.07. The summed E-state index contributed by atoms with van der Waals surface area (Å²) < 4.78 is 0. The summed E-state index contributed by atoms with van der Waals surface area (Å²) in [4.78, 5) is 22.3. The first-order valence-corrected chi connectivity index (χ1v) is 5.36. The lowest BCUT2D eigenvalue weighted by molar-refractivity contribution is -0.137. The highest BCUT2D eigenvalue weighted by Gasteiger charge is 2.18. The third-order valence-corrected chi connectivity index (χ3v) is 2.96. The maximum Gasteiger partial charge on any atom is 0.303 e. The van der Waals surface area contributed by atoms with Crippen molar-refractivity contribution in [3.63, 3.8) is 0 Å². The van der Waals surface area contributed by atoms with Crippen molar-refractivity contribution in [1.29, 1.82) is 0 Å². The van der Waals surface area contributed by atoms with Gasteiger partial charge in [-0.05, 0) is 17.9 Å². The topological polar surface area (TPSA) is 54.4 Å². The predicted octanol–water partition coefficient (Wildman–Crippen LogP) is 2.40. The number of Topliss-reactive ketones (excluding diaryl/α,β-unsaturated/α-hetero) is 1. The Bertz CT molecular complexity index is 321. The number of carboxylic acids is 1. The molecule has 1 heterocycles. The number of carbonyl (C=O) groups excluding carboxylic acids is 1. The van der Waals surface area contributed by atoms with Crippen LogP contribution in [0, 0.1) is 0 Å². The number of hydrogen-bond acceptors (Lipinski definition) is 3. The van der Waals surface area contributed by atoms with Gasteiger partial charge in [-0.1, -0.05) is 6.07 Å². The molecule has 1 aromatic rings. The fraction of sp³-hybridized carbons (Fsp3) is 0.333. The fourth-order valence-electron chi connectivity index (χ4n) is 0.954. The van der Waals surface area contributed by atoms with Crippen LogP contribution in [0.3, 0.4) is 0 Å². The summed E-state index contributed by atoms with van der Waals surface area (Å²) in [5, 5.41) is 9.46. The molecular weight excluding hydrogens is 224 g/mol. The van der Waals surface area contributed by atoms with Crippen molar-refractivity contribution < 1.29 is 14.7 Å². The van der Waals surface area contributed by atoms with Gasteiger partial charge in [-0.15, -0.1) is 22.9 Å². The molecule has 0 saturated carbocycles. The largest absolute Gasteiger partial charge is 0.481 e. The van der Waals surface area contributed by atoms with Crippen LogP contribution in [-0.2, 0) is 4.79 Å². The summed E-state index contributed by atoms with van der Waals surface area (Å²) in [6, 6.07) is 3.45. The maximum atomic E-state index is 11.5. The van der Waals surface area contributed by atoms with Crippen molar-refractivity contribution in [2.45, 2.75) is 18.2 Å². The van der Waals surface area contributed by atoms with Crippen LogP contribution in [-0.4, -0.2) is 22.2 Å². The molecule has 0 fully saturated rings. The zero-order valence-electron chi connectivity index (χ0n) is 7.27. The smallest absolute Gasteiger partial charge is 0.303 e. The number of carbonyl (C=O) groups is 2. The van der Waals surface area contributed by atoms with Gasteiger partial charge >= 0.3 is 5.97 Å². The molecule has 0 aliphatic heterocycles. The Morgan fingerprint density at radius 2 is 2.29 bits per heavy atom. The third-order valence-electron chi connectivity index (χ3n) is 1.66. The minimum Gasteiger partial charge on any atom is -0.481 e. The first kappa shape index (κ1) is 11.2. The van der Waals surface area contributed by atoms with Crippen molar-refractivity contribution in [3.05, 3.63) is 22.4 Å². The van der Waals surface area contributed by atoms with Gasteiger partial charge in [-0.25, -0.2) is 0 Å². The molecule has 76 valence electrons. The lowest BCUT2D eigenvalue weighted by Crippen LogP contribution is -2.14. The number of thiophene rings is 1. The van der Waals surface area contributed by atoms with E-state index in [1.165, 1.54) is 11.3 Å². The number of aliphatic carboxylic acids is 1. The normalized spacial score (nSPS) is 12.4. The van der Waals surface area contributed by atoms with Gasteiger partial charge < -0.3 is 5.11 Å². The number of rotatable bonds is 5. The van der Waals surface area contributed by atoms with Crippen LogP contribution < -0.4 is 0 Å². The standard InChI is InChI=1S/C9H9ClO3S/c10-6(3-4-8(11)12)9(13)7-2-1-5-14-7/h1-2,5-6H,3-4H2,(H,11,12). The quantitative estimate of drug-likeness (QED) is 0.627. The summed E-state index contributed by atoms with van der Waals surface area (Å²) in [6.45, 7) is 0. The van der Waals surface area contributed by atoms with Crippen LogP contribution in [0.25, 0.3) is 0 Å². The van der Waals surface area contributed by atoms with Crippen LogP contribution in [0.4, 0.5) is 0 Å². The average Bonchev–Trinajstić information content (AvgIpc) is 2.65. The SMILES string of the molecule is O=C(O)CCC(Cl)C(=O)c1cccs1.